The Labute approximate surface area is 122 Å². The van der Waals surface area contributed by atoms with Gasteiger partial charge < -0.3 is 15.7 Å². The van der Waals surface area contributed by atoms with Crippen LogP contribution in [0.3, 0.4) is 0 Å². The lowest BCUT2D eigenvalue weighted by Crippen LogP contribution is -2.32. The van der Waals surface area contributed by atoms with Crippen LogP contribution in [0.2, 0.25) is 10.0 Å². The predicted octanol–water partition coefficient (Wildman–Crippen LogP) is 3.28. The van der Waals surface area contributed by atoms with E-state index >= 15 is 0 Å². The number of anilines is 1. The average Bonchev–Trinajstić information content (AvgIpc) is 2.77. The van der Waals surface area contributed by atoms with E-state index in [9.17, 15) is 9.90 Å². The van der Waals surface area contributed by atoms with Crippen molar-refractivity contribution in [3.63, 3.8) is 0 Å². The van der Waals surface area contributed by atoms with E-state index in [1.165, 1.54) is 0 Å². The Kier molecular flexibility index (Phi) is 4.91. The van der Waals surface area contributed by atoms with Crippen LogP contribution in [0.4, 0.5) is 10.5 Å². The Morgan fingerprint density at radius 3 is 2.84 bits per heavy atom. The fraction of sp³-hybridized carbons (Fsp3) is 0.462. The zero-order valence-corrected chi connectivity index (χ0v) is 11.8. The van der Waals surface area contributed by atoms with Crippen molar-refractivity contribution in [1.82, 2.24) is 5.32 Å². The largest absolute Gasteiger partial charge is 0.393 e. The fourth-order valence-corrected chi connectivity index (χ4v) is 2.57. The topological polar surface area (TPSA) is 61.4 Å². The molecule has 19 heavy (non-hydrogen) atoms. The number of hydrogen-bond donors (Lipinski definition) is 3. The van der Waals surface area contributed by atoms with Crippen LogP contribution in [0.15, 0.2) is 18.2 Å². The highest BCUT2D eigenvalue weighted by atomic mass is 35.5. The van der Waals surface area contributed by atoms with Gasteiger partial charge in [0, 0.05) is 11.6 Å². The number of amides is 2. The maximum atomic E-state index is 11.7. The van der Waals surface area contributed by atoms with Crippen molar-refractivity contribution >= 4 is 34.9 Å². The van der Waals surface area contributed by atoms with Gasteiger partial charge >= 0.3 is 6.03 Å². The molecule has 0 spiro atoms. The number of carbonyl (C=O) groups is 1. The van der Waals surface area contributed by atoms with Crippen molar-refractivity contribution in [2.24, 2.45) is 5.92 Å². The number of halogens is 2. The molecule has 2 rings (SSSR count). The molecule has 2 atom stereocenters. The summed E-state index contributed by atoms with van der Waals surface area (Å²) in [4.78, 5) is 11.7. The Hall–Kier alpha value is -0.970. The first-order valence-electron chi connectivity index (χ1n) is 6.22. The summed E-state index contributed by atoms with van der Waals surface area (Å²) in [6, 6.07) is 4.58. The lowest BCUT2D eigenvalue weighted by Gasteiger charge is -2.12. The van der Waals surface area contributed by atoms with Crippen molar-refractivity contribution < 1.29 is 9.90 Å². The monoisotopic (exact) mass is 302 g/mol. The minimum absolute atomic E-state index is 0.225. The van der Waals surface area contributed by atoms with Crippen molar-refractivity contribution in [2.45, 2.75) is 25.4 Å². The van der Waals surface area contributed by atoms with Gasteiger partial charge in [0.2, 0.25) is 0 Å². The Bertz CT molecular complexity index is 468. The summed E-state index contributed by atoms with van der Waals surface area (Å²) in [6.45, 7) is 0.557. The molecule has 1 aliphatic carbocycles. The van der Waals surface area contributed by atoms with Gasteiger partial charge in [0.1, 0.15) is 0 Å². The van der Waals surface area contributed by atoms with Gasteiger partial charge in [-0.05, 0) is 43.4 Å². The highest BCUT2D eigenvalue weighted by Gasteiger charge is 2.22. The predicted molar refractivity (Wildman–Crippen MR) is 76.8 cm³/mol. The average molecular weight is 303 g/mol. The van der Waals surface area contributed by atoms with Crippen LogP contribution in [-0.4, -0.2) is 23.8 Å². The first-order chi connectivity index (χ1) is 9.04. The van der Waals surface area contributed by atoms with Crippen LogP contribution >= 0.6 is 23.2 Å². The molecule has 0 bridgehead atoms. The number of nitrogens with one attached hydrogen (secondary N) is 2. The van der Waals surface area contributed by atoms with Crippen LogP contribution < -0.4 is 10.6 Å². The van der Waals surface area contributed by atoms with Gasteiger partial charge in [-0.25, -0.2) is 4.79 Å². The molecule has 0 heterocycles. The van der Waals surface area contributed by atoms with E-state index in [0.29, 0.717) is 28.2 Å². The van der Waals surface area contributed by atoms with Gasteiger partial charge in [-0.2, -0.15) is 0 Å². The molecule has 1 fully saturated rings. The summed E-state index contributed by atoms with van der Waals surface area (Å²) in [6.07, 6.45) is 2.28. The number of aliphatic hydroxyl groups is 1. The lowest BCUT2D eigenvalue weighted by atomic mass is 10.1. The first kappa shape index (κ1) is 14.4. The van der Waals surface area contributed by atoms with E-state index in [0.717, 1.165) is 19.3 Å². The van der Waals surface area contributed by atoms with Crippen molar-refractivity contribution in [1.29, 1.82) is 0 Å². The summed E-state index contributed by atoms with van der Waals surface area (Å²) >= 11 is 11.8. The standard InChI is InChI=1S/C13H16Cl2N2O2/c14-9-2-4-11(15)12(6-9)17-13(19)16-7-8-1-3-10(18)5-8/h2,4,6,8,10,18H,1,3,5,7H2,(H2,16,17,19). The van der Waals surface area contributed by atoms with Crippen LogP contribution in [0.1, 0.15) is 19.3 Å². The maximum Gasteiger partial charge on any atom is 0.319 e. The number of urea groups is 1. The molecule has 1 aromatic rings. The highest BCUT2D eigenvalue weighted by Crippen LogP contribution is 2.26. The Balaban J connectivity index is 1.82. The molecule has 1 aliphatic rings. The smallest absolute Gasteiger partial charge is 0.319 e. The molecule has 3 N–H and O–H groups in total. The molecule has 1 saturated carbocycles. The van der Waals surface area contributed by atoms with Crippen LogP contribution in [0.25, 0.3) is 0 Å². The molecule has 104 valence electrons. The summed E-state index contributed by atoms with van der Waals surface area (Å²) < 4.78 is 0. The highest BCUT2D eigenvalue weighted by molar-refractivity contribution is 6.35. The quantitative estimate of drug-likeness (QED) is 0.802. The summed E-state index contributed by atoms with van der Waals surface area (Å²) in [5.41, 5.74) is 0.484. The van der Waals surface area contributed by atoms with Gasteiger partial charge in [0.25, 0.3) is 0 Å². The number of rotatable bonds is 3. The second-order valence-electron chi connectivity index (χ2n) is 4.79. The van der Waals surface area contributed by atoms with Crippen LogP contribution in [-0.2, 0) is 0 Å². The minimum Gasteiger partial charge on any atom is -0.393 e. The number of hydrogen-bond acceptors (Lipinski definition) is 2. The van der Waals surface area contributed by atoms with Gasteiger partial charge in [-0.1, -0.05) is 23.2 Å². The van der Waals surface area contributed by atoms with Gasteiger partial charge in [-0.15, -0.1) is 0 Å². The zero-order valence-electron chi connectivity index (χ0n) is 10.3. The molecule has 1 aromatic carbocycles. The fourth-order valence-electron chi connectivity index (χ4n) is 2.23. The minimum atomic E-state index is -0.314. The second-order valence-corrected chi connectivity index (χ2v) is 5.64. The number of carbonyl (C=O) groups excluding carboxylic acids is 1. The molecule has 4 nitrogen and oxygen atoms in total. The van der Waals surface area contributed by atoms with E-state index in [4.69, 9.17) is 23.2 Å². The molecular formula is C13H16Cl2N2O2. The molecule has 6 heteroatoms. The lowest BCUT2D eigenvalue weighted by molar-refractivity contribution is 0.177. The van der Waals surface area contributed by atoms with E-state index in [1.807, 2.05) is 0 Å². The number of aliphatic hydroxyl groups excluding tert-OH is 1. The van der Waals surface area contributed by atoms with Crippen molar-refractivity contribution in [2.75, 3.05) is 11.9 Å². The maximum absolute atomic E-state index is 11.7. The second kappa shape index (κ2) is 6.46. The molecular weight excluding hydrogens is 287 g/mol. The normalized spacial score (nSPS) is 22.3. The number of benzene rings is 1. The van der Waals surface area contributed by atoms with Crippen LogP contribution in [0.5, 0.6) is 0 Å². The summed E-state index contributed by atoms with van der Waals surface area (Å²) in [5, 5.41) is 15.8. The van der Waals surface area contributed by atoms with Gasteiger partial charge in [0.15, 0.2) is 0 Å². The van der Waals surface area contributed by atoms with E-state index in [-0.39, 0.29) is 12.1 Å². The zero-order chi connectivity index (χ0) is 13.8. The first-order valence-corrected chi connectivity index (χ1v) is 6.98. The van der Waals surface area contributed by atoms with Gasteiger partial charge in [0.05, 0.1) is 16.8 Å². The third-order valence-corrected chi connectivity index (χ3v) is 3.81. The van der Waals surface area contributed by atoms with E-state index in [2.05, 4.69) is 10.6 Å². The third kappa shape index (κ3) is 4.27. The molecule has 0 aliphatic heterocycles. The molecule has 2 unspecified atom stereocenters. The van der Waals surface area contributed by atoms with Crippen molar-refractivity contribution in [3.8, 4) is 0 Å². The molecule has 2 amide bonds. The molecule has 0 aromatic heterocycles. The van der Waals surface area contributed by atoms with Crippen LogP contribution in [0, 0.1) is 5.92 Å². The SMILES string of the molecule is O=C(NCC1CCC(O)C1)Nc1cc(Cl)ccc1Cl. The molecule has 0 radical (unpaired) electrons. The molecule has 0 saturated heterocycles. The van der Waals surface area contributed by atoms with E-state index in [1.54, 1.807) is 18.2 Å². The summed E-state index contributed by atoms with van der Waals surface area (Å²) in [5.74, 6) is 0.343. The Morgan fingerprint density at radius 2 is 2.16 bits per heavy atom. The van der Waals surface area contributed by atoms with Gasteiger partial charge in [-0.3, -0.25) is 0 Å². The Morgan fingerprint density at radius 1 is 1.37 bits per heavy atom. The van der Waals surface area contributed by atoms with Crippen molar-refractivity contribution in [3.05, 3.63) is 28.2 Å². The third-order valence-electron chi connectivity index (χ3n) is 3.24. The van der Waals surface area contributed by atoms with E-state index < -0.39 is 0 Å². The summed E-state index contributed by atoms with van der Waals surface area (Å²) in [7, 11) is 0.